The van der Waals surface area contributed by atoms with Crippen molar-refractivity contribution in [3.63, 3.8) is 0 Å². The number of rotatable bonds is 7. The third-order valence-electron chi connectivity index (χ3n) is 7.11. The van der Waals surface area contributed by atoms with Crippen molar-refractivity contribution in [2.24, 2.45) is 16.7 Å². The van der Waals surface area contributed by atoms with Crippen LogP contribution < -0.4 is 0 Å². The molecule has 0 spiro atoms. The van der Waals surface area contributed by atoms with Crippen LogP contribution in [0.5, 0.6) is 0 Å². The average Bonchev–Trinajstić information content (AvgIpc) is 3.23. The molecule has 0 radical (unpaired) electrons. The topological polar surface area (TPSA) is 139 Å². The Morgan fingerprint density at radius 2 is 1.53 bits per heavy atom. The molecule has 0 saturated heterocycles. The Balaban J connectivity index is 2.39. The first kappa shape index (κ1) is 28.1. The highest BCUT2D eigenvalue weighted by atomic mass is 16.6. The molecule has 1 aliphatic rings. The molecule has 0 heterocycles. The number of nitro benzene ring substituents is 1. The lowest BCUT2D eigenvalue weighted by atomic mass is 9.62. The van der Waals surface area contributed by atoms with E-state index < -0.39 is 51.3 Å². The summed E-state index contributed by atoms with van der Waals surface area (Å²) in [5.41, 5.74) is -3.07. The highest BCUT2D eigenvalue weighted by molar-refractivity contribution is 6.05. The fourth-order valence-corrected chi connectivity index (χ4v) is 5.45. The minimum Gasteiger partial charge on any atom is -0.469 e. The van der Waals surface area contributed by atoms with Crippen molar-refractivity contribution in [1.82, 2.24) is 0 Å². The largest absolute Gasteiger partial charge is 0.469 e. The molecule has 1 unspecified atom stereocenters. The molecule has 0 aromatic heterocycles. The lowest BCUT2D eigenvalue weighted by Gasteiger charge is -2.37. The number of Topliss-reactive ketones (excluding diaryl/α,β-unsaturated/α-hetero) is 1. The van der Waals surface area contributed by atoms with E-state index in [1.807, 2.05) is 0 Å². The zero-order valence-corrected chi connectivity index (χ0v) is 21.4. The Bertz CT molecular complexity index is 1290. The van der Waals surface area contributed by atoms with Crippen LogP contribution in [0.15, 0.2) is 54.6 Å². The van der Waals surface area contributed by atoms with Gasteiger partial charge in [-0.05, 0) is 37.0 Å². The van der Waals surface area contributed by atoms with Gasteiger partial charge in [0, 0.05) is 23.6 Å². The van der Waals surface area contributed by atoms with Crippen LogP contribution in [0, 0.1) is 38.7 Å². The standard InChI is InChI=1S/C28H27NO9/c1-18(30)27(15-14-19-10-12-22(13-11-19)29(34)35)21(16-23(31)36-2)17-28(25(32)37-3,26(33)38-4)24(27)20-8-6-5-7-9-20/h5-13,21,24H,16-17H2,1-4H3/t21?,24-,27+/m0/s1. The first-order valence-corrected chi connectivity index (χ1v) is 11.7. The van der Waals surface area contributed by atoms with Crippen LogP contribution in [0.2, 0.25) is 0 Å². The number of carbonyl (C=O) groups is 4. The van der Waals surface area contributed by atoms with E-state index in [1.165, 1.54) is 38.3 Å². The number of benzene rings is 2. The van der Waals surface area contributed by atoms with Crippen LogP contribution in [-0.4, -0.2) is 49.9 Å². The van der Waals surface area contributed by atoms with Gasteiger partial charge in [0.05, 0.1) is 32.7 Å². The van der Waals surface area contributed by atoms with Gasteiger partial charge in [0.15, 0.2) is 5.41 Å². The number of nitro groups is 1. The highest BCUT2D eigenvalue weighted by Gasteiger charge is 2.72. The van der Waals surface area contributed by atoms with Crippen LogP contribution >= 0.6 is 0 Å². The van der Waals surface area contributed by atoms with Crippen molar-refractivity contribution in [2.45, 2.75) is 25.7 Å². The summed E-state index contributed by atoms with van der Waals surface area (Å²) in [4.78, 5) is 63.5. The van der Waals surface area contributed by atoms with Gasteiger partial charge in [-0.15, -0.1) is 0 Å². The van der Waals surface area contributed by atoms with Crippen LogP contribution in [-0.2, 0) is 33.4 Å². The average molecular weight is 522 g/mol. The Kier molecular flexibility index (Phi) is 8.31. The Labute approximate surface area is 219 Å². The maximum absolute atomic E-state index is 13.7. The van der Waals surface area contributed by atoms with Crippen molar-refractivity contribution in [3.05, 3.63) is 75.8 Å². The molecule has 2 aromatic carbocycles. The molecule has 0 amide bonds. The molecular weight excluding hydrogens is 494 g/mol. The number of ketones is 1. The molecule has 198 valence electrons. The van der Waals surface area contributed by atoms with Gasteiger partial charge in [-0.2, -0.15) is 0 Å². The van der Waals surface area contributed by atoms with Gasteiger partial charge in [-0.1, -0.05) is 42.2 Å². The monoisotopic (exact) mass is 521 g/mol. The van der Waals surface area contributed by atoms with Gasteiger partial charge < -0.3 is 14.2 Å². The van der Waals surface area contributed by atoms with Gasteiger partial charge in [-0.3, -0.25) is 29.3 Å². The molecule has 1 saturated carbocycles. The maximum atomic E-state index is 13.7. The molecule has 3 atom stereocenters. The van der Waals surface area contributed by atoms with Crippen molar-refractivity contribution < 1.29 is 38.3 Å². The number of non-ortho nitro benzene ring substituents is 1. The number of ether oxygens (including phenoxy) is 3. The molecule has 10 heteroatoms. The van der Waals surface area contributed by atoms with Gasteiger partial charge in [0.1, 0.15) is 11.2 Å². The molecule has 0 bridgehead atoms. The molecule has 38 heavy (non-hydrogen) atoms. The number of carbonyl (C=O) groups excluding carboxylic acids is 4. The summed E-state index contributed by atoms with van der Waals surface area (Å²) in [5, 5.41) is 11.0. The van der Waals surface area contributed by atoms with E-state index in [0.717, 1.165) is 14.2 Å². The SMILES string of the molecule is COC(=O)CC1CC(C(=O)OC)(C(=O)OC)[C@@H](c2ccccc2)[C@]1(C#Cc1ccc([N+](=O)[O-])cc1)C(C)=O. The lowest BCUT2D eigenvalue weighted by Crippen LogP contribution is -2.48. The van der Waals surface area contributed by atoms with Gasteiger partial charge in [0.2, 0.25) is 0 Å². The molecule has 0 N–H and O–H groups in total. The van der Waals surface area contributed by atoms with E-state index >= 15 is 0 Å². The second kappa shape index (κ2) is 11.3. The number of methoxy groups -OCH3 is 3. The molecular formula is C28H27NO9. The normalized spacial score (nSPS) is 21.4. The van der Waals surface area contributed by atoms with E-state index in [1.54, 1.807) is 30.3 Å². The fourth-order valence-electron chi connectivity index (χ4n) is 5.45. The third kappa shape index (κ3) is 4.75. The second-order valence-corrected chi connectivity index (χ2v) is 8.96. The minimum absolute atomic E-state index is 0.140. The smallest absolute Gasteiger partial charge is 0.323 e. The zero-order valence-electron chi connectivity index (χ0n) is 21.4. The molecule has 1 aliphatic carbocycles. The summed E-state index contributed by atoms with van der Waals surface area (Å²) in [6.45, 7) is 1.29. The van der Waals surface area contributed by atoms with Crippen LogP contribution in [0.25, 0.3) is 0 Å². The van der Waals surface area contributed by atoms with E-state index in [2.05, 4.69) is 11.8 Å². The summed E-state index contributed by atoms with van der Waals surface area (Å²) < 4.78 is 15.0. The molecule has 10 nitrogen and oxygen atoms in total. The minimum atomic E-state index is -2.00. The van der Waals surface area contributed by atoms with Crippen molar-refractivity contribution in [3.8, 4) is 11.8 Å². The summed E-state index contributed by atoms with van der Waals surface area (Å²) in [5.74, 6) is 0.791. The van der Waals surface area contributed by atoms with E-state index in [-0.39, 0.29) is 18.5 Å². The van der Waals surface area contributed by atoms with Crippen molar-refractivity contribution in [2.75, 3.05) is 21.3 Å². The number of hydrogen-bond acceptors (Lipinski definition) is 9. The van der Waals surface area contributed by atoms with E-state index in [4.69, 9.17) is 14.2 Å². The van der Waals surface area contributed by atoms with Crippen LogP contribution in [0.3, 0.4) is 0 Å². The molecule has 3 rings (SSSR count). The third-order valence-corrected chi connectivity index (χ3v) is 7.11. The summed E-state index contributed by atoms with van der Waals surface area (Å²) in [6.07, 6.45) is -0.584. The van der Waals surface area contributed by atoms with Gasteiger partial charge in [-0.25, -0.2) is 0 Å². The number of esters is 3. The number of hydrogen-bond donors (Lipinski definition) is 0. The summed E-state index contributed by atoms with van der Waals surface area (Å²) in [7, 11) is 3.44. The van der Waals surface area contributed by atoms with Crippen LogP contribution in [0.4, 0.5) is 5.69 Å². The zero-order chi connectivity index (χ0) is 28.1. The van der Waals surface area contributed by atoms with Crippen molar-refractivity contribution >= 4 is 29.4 Å². The quantitative estimate of drug-likeness (QED) is 0.134. The molecule has 1 fully saturated rings. The second-order valence-electron chi connectivity index (χ2n) is 8.96. The first-order chi connectivity index (χ1) is 18.1. The predicted octanol–water partition coefficient (Wildman–Crippen LogP) is 3.22. The molecule has 2 aromatic rings. The van der Waals surface area contributed by atoms with E-state index in [0.29, 0.717) is 11.1 Å². The summed E-state index contributed by atoms with van der Waals surface area (Å²) >= 11 is 0. The predicted molar refractivity (Wildman–Crippen MR) is 133 cm³/mol. The lowest BCUT2D eigenvalue weighted by molar-refractivity contribution is -0.384. The Hall–Kier alpha value is -4.52. The first-order valence-electron chi connectivity index (χ1n) is 11.7. The Morgan fingerprint density at radius 1 is 0.947 bits per heavy atom. The fraction of sp³-hybridized carbons (Fsp3) is 0.357. The van der Waals surface area contributed by atoms with Crippen LogP contribution in [0.1, 0.15) is 36.8 Å². The Morgan fingerprint density at radius 3 is 2.00 bits per heavy atom. The molecule has 0 aliphatic heterocycles. The van der Waals surface area contributed by atoms with Crippen molar-refractivity contribution in [1.29, 1.82) is 0 Å². The maximum Gasteiger partial charge on any atom is 0.323 e. The van der Waals surface area contributed by atoms with Gasteiger partial charge in [0.25, 0.3) is 5.69 Å². The van der Waals surface area contributed by atoms with Gasteiger partial charge >= 0.3 is 17.9 Å². The summed E-state index contributed by atoms with van der Waals surface area (Å²) in [6, 6.07) is 13.8. The highest BCUT2D eigenvalue weighted by Crippen LogP contribution is 2.64. The number of nitrogens with zero attached hydrogens (tertiary/aromatic N) is 1. The van der Waals surface area contributed by atoms with E-state index in [9.17, 15) is 29.3 Å².